The molecule has 0 aromatic carbocycles. The average molecular weight is 169 g/mol. The standard InChI is InChI=1S/C9H15NO2/c1-6-8(11-2)4-7(10)5-9(6)12-3/h4-6,8H,10H2,1-3H3. The molecule has 0 spiro atoms. The second-order valence-electron chi connectivity index (χ2n) is 2.91. The van der Waals surface area contributed by atoms with Gasteiger partial charge in [0.2, 0.25) is 0 Å². The summed E-state index contributed by atoms with van der Waals surface area (Å²) in [6.45, 7) is 2.05. The predicted octanol–water partition coefficient (Wildman–Crippen LogP) is 1.02. The van der Waals surface area contributed by atoms with Gasteiger partial charge in [-0.15, -0.1) is 0 Å². The Labute approximate surface area is 72.8 Å². The third kappa shape index (κ3) is 1.61. The second-order valence-corrected chi connectivity index (χ2v) is 2.91. The van der Waals surface area contributed by atoms with Crippen LogP contribution in [0.1, 0.15) is 6.92 Å². The molecule has 0 heterocycles. The van der Waals surface area contributed by atoms with E-state index in [9.17, 15) is 0 Å². The van der Waals surface area contributed by atoms with Gasteiger partial charge in [0.25, 0.3) is 0 Å². The summed E-state index contributed by atoms with van der Waals surface area (Å²) in [5.41, 5.74) is 6.36. The Balaban J connectivity index is 2.83. The van der Waals surface area contributed by atoms with Gasteiger partial charge in [-0.3, -0.25) is 0 Å². The highest BCUT2D eigenvalue weighted by Crippen LogP contribution is 2.24. The van der Waals surface area contributed by atoms with Gasteiger partial charge in [-0.05, 0) is 12.2 Å². The van der Waals surface area contributed by atoms with Crippen LogP contribution in [0.5, 0.6) is 0 Å². The molecule has 2 atom stereocenters. The highest BCUT2D eigenvalue weighted by molar-refractivity contribution is 5.27. The lowest BCUT2D eigenvalue weighted by molar-refractivity contribution is 0.0810. The van der Waals surface area contributed by atoms with E-state index in [4.69, 9.17) is 15.2 Å². The van der Waals surface area contributed by atoms with E-state index in [1.54, 1.807) is 14.2 Å². The van der Waals surface area contributed by atoms with Crippen molar-refractivity contribution in [2.75, 3.05) is 14.2 Å². The average Bonchev–Trinajstić information content (AvgIpc) is 2.08. The molecular weight excluding hydrogens is 154 g/mol. The van der Waals surface area contributed by atoms with Crippen molar-refractivity contribution in [3.05, 3.63) is 23.6 Å². The first-order valence-electron chi connectivity index (χ1n) is 3.94. The van der Waals surface area contributed by atoms with Gasteiger partial charge in [0.05, 0.1) is 13.2 Å². The van der Waals surface area contributed by atoms with Crippen molar-refractivity contribution in [3.63, 3.8) is 0 Å². The molecule has 1 aliphatic carbocycles. The molecule has 0 radical (unpaired) electrons. The van der Waals surface area contributed by atoms with Gasteiger partial charge in [-0.1, -0.05) is 6.92 Å². The summed E-state index contributed by atoms with van der Waals surface area (Å²) < 4.78 is 10.4. The number of methoxy groups -OCH3 is 2. The summed E-state index contributed by atoms with van der Waals surface area (Å²) in [4.78, 5) is 0. The van der Waals surface area contributed by atoms with Crippen LogP contribution in [0.25, 0.3) is 0 Å². The number of hydrogen-bond acceptors (Lipinski definition) is 3. The minimum absolute atomic E-state index is 0.0324. The van der Waals surface area contributed by atoms with Gasteiger partial charge in [0, 0.05) is 18.7 Å². The maximum absolute atomic E-state index is 5.65. The number of nitrogens with two attached hydrogens (primary N) is 1. The van der Waals surface area contributed by atoms with E-state index in [1.807, 2.05) is 19.1 Å². The Kier molecular flexibility index (Phi) is 2.76. The van der Waals surface area contributed by atoms with Crippen LogP contribution >= 0.6 is 0 Å². The quantitative estimate of drug-likeness (QED) is 0.671. The summed E-state index contributed by atoms with van der Waals surface area (Å²) in [7, 11) is 3.32. The monoisotopic (exact) mass is 169 g/mol. The molecule has 0 fully saturated rings. The first kappa shape index (κ1) is 9.13. The number of rotatable bonds is 2. The third-order valence-corrected chi connectivity index (χ3v) is 2.12. The van der Waals surface area contributed by atoms with E-state index in [0.29, 0.717) is 5.70 Å². The molecule has 0 aromatic heterocycles. The third-order valence-electron chi connectivity index (χ3n) is 2.12. The van der Waals surface area contributed by atoms with Crippen LogP contribution in [0.3, 0.4) is 0 Å². The second kappa shape index (κ2) is 3.63. The van der Waals surface area contributed by atoms with Crippen LogP contribution in [0.15, 0.2) is 23.6 Å². The highest BCUT2D eigenvalue weighted by atomic mass is 16.5. The molecule has 0 aliphatic heterocycles. The summed E-state index contributed by atoms with van der Waals surface area (Å²) in [6, 6.07) is 0. The number of ether oxygens (including phenoxy) is 2. The van der Waals surface area contributed by atoms with E-state index in [-0.39, 0.29) is 12.0 Å². The summed E-state index contributed by atoms with van der Waals surface area (Å²) in [5, 5.41) is 0. The first-order chi connectivity index (χ1) is 5.69. The minimum atomic E-state index is 0.0324. The SMILES string of the molecule is COC1=CC(N)=CC(OC)C1C. The summed E-state index contributed by atoms with van der Waals surface area (Å²) in [5.74, 6) is 1.12. The predicted molar refractivity (Wildman–Crippen MR) is 47.3 cm³/mol. The fourth-order valence-electron chi connectivity index (χ4n) is 1.36. The Hall–Kier alpha value is -0.960. The summed E-state index contributed by atoms with van der Waals surface area (Å²) >= 11 is 0. The van der Waals surface area contributed by atoms with Crippen molar-refractivity contribution in [1.29, 1.82) is 0 Å². The van der Waals surface area contributed by atoms with Gasteiger partial charge < -0.3 is 15.2 Å². The Morgan fingerprint density at radius 1 is 1.42 bits per heavy atom. The zero-order chi connectivity index (χ0) is 9.14. The highest BCUT2D eigenvalue weighted by Gasteiger charge is 2.23. The lowest BCUT2D eigenvalue weighted by Gasteiger charge is -2.25. The van der Waals surface area contributed by atoms with Crippen LogP contribution in [0, 0.1) is 5.92 Å². The smallest absolute Gasteiger partial charge is 0.103 e. The van der Waals surface area contributed by atoms with Crippen molar-refractivity contribution < 1.29 is 9.47 Å². The molecule has 2 unspecified atom stereocenters. The van der Waals surface area contributed by atoms with Gasteiger partial charge in [-0.2, -0.15) is 0 Å². The molecular formula is C9H15NO2. The lowest BCUT2D eigenvalue weighted by atomic mass is 9.96. The van der Waals surface area contributed by atoms with E-state index >= 15 is 0 Å². The molecule has 0 saturated heterocycles. The van der Waals surface area contributed by atoms with Gasteiger partial charge in [0.15, 0.2) is 0 Å². The summed E-state index contributed by atoms with van der Waals surface area (Å²) in [6.07, 6.45) is 3.76. The molecule has 3 nitrogen and oxygen atoms in total. The maximum Gasteiger partial charge on any atom is 0.103 e. The van der Waals surface area contributed by atoms with E-state index in [1.165, 1.54) is 0 Å². The van der Waals surface area contributed by atoms with Crippen LogP contribution in [0.4, 0.5) is 0 Å². The Morgan fingerprint density at radius 3 is 2.58 bits per heavy atom. The molecule has 1 rings (SSSR count). The topological polar surface area (TPSA) is 44.5 Å². The molecule has 68 valence electrons. The largest absolute Gasteiger partial charge is 0.501 e. The normalized spacial score (nSPS) is 29.2. The molecule has 1 aliphatic rings. The maximum atomic E-state index is 5.65. The Morgan fingerprint density at radius 2 is 2.08 bits per heavy atom. The van der Waals surface area contributed by atoms with Gasteiger partial charge >= 0.3 is 0 Å². The van der Waals surface area contributed by atoms with Crippen molar-refractivity contribution in [2.45, 2.75) is 13.0 Å². The van der Waals surface area contributed by atoms with Crippen LogP contribution in [-0.2, 0) is 9.47 Å². The van der Waals surface area contributed by atoms with Crippen molar-refractivity contribution in [3.8, 4) is 0 Å². The van der Waals surface area contributed by atoms with Crippen molar-refractivity contribution in [1.82, 2.24) is 0 Å². The number of hydrogen-bond donors (Lipinski definition) is 1. The van der Waals surface area contributed by atoms with Crippen molar-refractivity contribution >= 4 is 0 Å². The fraction of sp³-hybridized carbons (Fsp3) is 0.556. The van der Waals surface area contributed by atoms with Crippen LogP contribution in [-0.4, -0.2) is 20.3 Å². The molecule has 3 heteroatoms. The van der Waals surface area contributed by atoms with E-state index < -0.39 is 0 Å². The van der Waals surface area contributed by atoms with Crippen LogP contribution < -0.4 is 5.73 Å². The molecule has 0 amide bonds. The van der Waals surface area contributed by atoms with Crippen molar-refractivity contribution in [2.24, 2.45) is 11.7 Å². The Bertz CT molecular complexity index is 221. The molecule has 0 saturated carbocycles. The van der Waals surface area contributed by atoms with E-state index in [0.717, 1.165) is 5.76 Å². The first-order valence-corrected chi connectivity index (χ1v) is 3.94. The zero-order valence-electron chi connectivity index (χ0n) is 7.70. The van der Waals surface area contributed by atoms with Crippen LogP contribution in [0.2, 0.25) is 0 Å². The molecule has 2 N–H and O–H groups in total. The molecule has 12 heavy (non-hydrogen) atoms. The minimum Gasteiger partial charge on any atom is -0.501 e. The molecule has 0 aromatic rings. The molecule has 0 bridgehead atoms. The number of allylic oxidation sites excluding steroid dienone is 1. The van der Waals surface area contributed by atoms with E-state index in [2.05, 4.69) is 0 Å². The van der Waals surface area contributed by atoms with Gasteiger partial charge in [-0.25, -0.2) is 0 Å². The lowest BCUT2D eigenvalue weighted by Crippen LogP contribution is -2.25. The zero-order valence-corrected chi connectivity index (χ0v) is 7.70. The van der Waals surface area contributed by atoms with Gasteiger partial charge in [0.1, 0.15) is 5.76 Å². The fourth-order valence-corrected chi connectivity index (χ4v) is 1.36.